The van der Waals surface area contributed by atoms with E-state index in [0.29, 0.717) is 0 Å². The van der Waals surface area contributed by atoms with E-state index in [2.05, 4.69) is 5.32 Å². The first kappa shape index (κ1) is 12.7. The Morgan fingerprint density at radius 3 is 2.25 bits per heavy atom. The third kappa shape index (κ3) is 3.05. The van der Waals surface area contributed by atoms with Crippen molar-refractivity contribution in [3.63, 3.8) is 0 Å². The molecule has 0 heterocycles. The zero-order valence-corrected chi connectivity index (χ0v) is 9.79. The van der Waals surface area contributed by atoms with Gasteiger partial charge in [-0.1, -0.05) is 26.0 Å². The smallest absolute Gasteiger partial charge is 0.207 e. The zero-order chi connectivity index (χ0) is 12.0. The summed E-state index contributed by atoms with van der Waals surface area (Å²) in [4.78, 5) is 10.6. The molecule has 88 valence electrons. The van der Waals surface area contributed by atoms with Crippen LogP contribution in [-0.2, 0) is 11.2 Å². The minimum Gasteiger partial charge on any atom is -0.353 e. The average molecular weight is 223 g/mol. The van der Waals surface area contributed by atoms with Crippen LogP contribution in [0.1, 0.15) is 32.3 Å². The molecule has 0 fully saturated rings. The molecular weight excluding hydrogens is 205 g/mol. The summed E-state index contributed by atoms with van der Waals surface area (Å²) < 4.78 is 12.8. The Hall–Kier alpha value is -1.38. The molecule has 0 spiro atoms. The SMILES string of the molecule is CCC(CC)(Cc1ccc(F)cc1)NC=O. The lowest BCUT2D eigenvalue weighted by atomic mass is 9.86. The Morgan fingerprint density at radius 2 is 1.81 bits per heavy atom. The summed E-state index contributed by atoms with van der Waals surface area (Å²) in [5.41, 5.74) is 0.832. The number of amides is 1. The van der Waals surface area contributed by atoms with Gasteiger partial charge in [0.1, 0.15) is 5.82 Å². The van der Waals surface area contributed by atoms with Crippen molar-refractivity contribution >= 4 is 6.41 Å². The van der Waals surface area contributed by atoms with E-state index in [-0.39, 0.29) is 11.4 Å². The van der Waals surface area contributed by atoms with Crippen LogP contribution in [0.2, 0.25) is 0 Å². The fraction of sp³-hybridized carbons (Fsp3) is 0.462. The first-order valence-corrected chi connectivity index (χ1v) is 5.61. The second kappa shape index (κ2) is 5.64. The zero-order valence-electron chi connectivity index (χ0n) is 9.79. The minimum atomic E-state index is -0.231. The van der Waals surface area contributed by atoms with Gasteiger partial charge < -0.3 is 5.32 Å². The minimum absolute atomic E-state index is 0.209. The predicted octanol–water partition coefficient (Wildman–Crippen LogP) is 2.67. The highest BCUT2D eigenvalue weighted by Gasteiger charge is 2.25. The molecule has 0 aliphatic carbocycles. The van der Waals surface area contributed by atoms with Gasteiger partial charge in [0.2, 0.25) is 6.41 Å². The molecule has 0 unspecified atom stereocenters. The van der Waals surface area contributed by atoms with Crippen molar-refractivity contribution in [3.05, 3.63) is 35.6 Å². The number of carbonyl (C=O) groups excluding carboxylic acids is 1. The fourth-order valence-electron chi connectivity index (χ4n) is 1.87. The highest BCUT2D eigenvalue weighted by molar-refractivity contribution is 5.48. The lowest BCUT2D eigenvalue weighted by Gasteiger charge is -2.31. The van der Waals surface area contributed by atoms with Crippen molar-refractivity contribution in [2.45, 2.75) is 38.6 Å². The molecule has 1 amide bonds. The monoisotopic (exact) mass is 223 g/mol. The maximum Gasteiger partial charge on any atom is 0.207 e. The largest absolute Gasteiger partial charge is 0.353 e. The van der Waals surface area contributed by atoms with E-state index in [1.54, 1.807) is 12.1 Å². The average Bonchev–Trinajstić information content (AvgIpc) is 2.31. The van der Waals surface area contributed by atoms with Gasteiger partial charge in [-0.05, 0) is 37.0 Å². The van der Waals surface area contributed by atoms with Crippen LogP contribution in [-0.4, -0.2) is 11.9 Å². The van der Waals surface area contributed by atoms with Crippen LogP contribution < -0.4 is 5.32 Å². The molecule has 1 aromatic carbocycles. The molecule has 1 N–H and O–H groups in total. The maximum atomic E-state index is 12.8. The summed E-state index contributed by atoms with van der Waals surface area (Å²) in [6.45, 7) is 4.09. The number of hydrogen-bond acceptors (Lipinski definition) is 1. The number of rotatable bonds is 6. The van der Waals surface area contributed by atoms with E-state index in [1.807, 2.05) is 13.8 Å². The van der Waals surface area contributed by atoms with Crippen molar-refractivity contribution in [1.29, 1.82) is 0 Å². The lowest BCUT2D eigenvalue weighted by Crippen LogP contribution is -2.45. The normalized spacial score (nSPS) is 11.2. The van der Waals surface area contributed by atoms with Gasteiger partial charge in [0, 0.05) is 5.54 Å². The highest BCUT2D eigenvalue weighted by Crippen LogP contribution is 2.20. The third-order valence-electron chi connectivity index (χ3n) is 3.17. The topological polar surface area (TPSA) is 29.1 Å². The van der Waals surface area contributed by atoms with Crippen molar-refractivity contribution in [1.82, 2.24) is 5.32 Å². The molecule has 0 bridgehead atoms. The molecule has 1 aromatic rings. The number of halogens is 1. The standard InChI is InChI=1S/C13H18FNO/c1-3-13(4-2,15-10-16)9-11-5-7-12(14)8-6-11/h5-8,10H,3-4,9H2,1-2H3,(H,15,16). The van der Waals surface area contributed by atoms with Crippen LogP contribution in [0.5, 0.6) is 0 Å². The summed E-state index contributed by atoms with van der Waals surface area (Å²) in [5, 5.41) is 2.88. The summed E-state index contributed by atoms with van der Waals surface area (Å²) in [5.74, 6) is -0.231. The van der Waals surface area contributed by atoms with Crippen LogP contribution in [0, 0.1) is 5.82 Å². The second-order valence-electron chi connectivity index (χ2n) is 4.05. The number of hydrogen-bond donors (Lipinski definition) is 1. The van der Waals surface area contributed by atoms with Crippen LogP contribution >= 0.6 is 0 Å². The molecule has 0 aliphatic rings. The van der Waals surface area contributed by atoms with E-state index in [0.717, 1.165) is 31.2 Å². The molecule has 0 atom stereocenters. The molecule has 0 aliphatic heterocycles. The number of carbonyl (C=O) groups is 1. The summed E-state index contributed by atoms with van der Waals surface area (Å²) >= 11 is 0. The molecule has 16 heavy (non-hydrogen) atoms. The molecule has 1 rings (SSSR count). The Morgan fingerprint density at radius 1 is 1.25 bits per heavy atom. The van der Waals surface area contributed by atoms with Crippen molar-refractivity contribution in [3.8, 4) is 0 Å². The van der Waals surface area contributed by atoms with Crippen molar-refractivity contribution in [2.24, 2.45) is 0 Å². The summed E-state index contributed by atoms with van der Waals surface area (Å²) in [6.07, 6.45) is 3.20. The molecule has 3 heteroatoms. The third-order valence-corrected chi connectivity index (χ3v) is 3.17. The molecular formula is C13H18FNO. The predicted molar refractivity (Wildman–Crippen MR) is 62.6 cm³/mol. The Balaban J connectivity index is 2.82. The van der Waals surface area contributed by atoms with E-state index < -0.39 is 0 Å². The fourth-order valence-corrected chi connectivity index (χ4v) is 1.87. The summed E-state index contributed by atoms with van der Waals surface area (Å²) in [7, 11) is 0. The van der Waals surface area contributed by atoms with Gasteiger partial charge in [0.05, 0.1) is 0 Å². The highest BCUT2D eigenvalue weighted by atomic mass is 19.1. The van der Waals surface area contributed by atoms with Gasteiger partial charge in [-0.2, -0.15) is 0 Å². The van der Waals surface area contributed by atoms with Crippen LogP contribution in [0.3, 0.4) is 0 Å². The van der Waals surface area contributed by atoms with Gasteiger partial charge in [0.15, 0.2) is 0 Å². The van der Waals surface area contributed by atoms with Gasteiger partial charge in [-0.25, -0.2) is 4.39 Å². The van der Waals surface area contributed by atoms with Crippen LogP contribution in [0.25, 0.3) is 0 Å². The second-order valence-corrected chi connectivity index (χ2v) is 4.05. The number of nitrogens with one attached hydrogen (secondary N) is 1. The van der Waals surface area contributed by atoms with E-state index in [4.69, 9.17) is 0 Å². The molecule has 0 saturated heterocycles. The van der Waals surface area contributed by atoms with Crippen LogP contribution in [0.4, 0.5) is 4.39 Å². The first-order valence-electron chi connectivity index (χ1n) is 5.61. The Bertz CT molecular complexity index is 330. The molecule has 0 aromatic heterocycles. The van der Waals surface area contributed by atoms with Gasteiger partial charge >= 0.3 is 0 Å². The number of benzene rings is 1. The molecule has 2 nitrogen and oxygen atoms in total. The van der Waals surface area contributed by atoms with Gasteiger partial charge in [0.25, 0.3) is 0 Å². The van der Waals surface area contributed by atoms with E-state index >= 15 is 0 Å². The quantitative estimate of drug-likeness (QED) is 0.738. The first-order chi connectivity index (χ1) is 7.65. The van der Waals surface area contributed by atoms with Crippen molar-refractivity contribution < 1.29 is 9.18 Å². The Kier molecular flexibility index (Phi) is 4.47. The van der Waals surface area contributed by atoms with E-state index in [1.165, 1.54) is 12.1 Å². The summed E-state index contributed by atoms with van der Waals surface area (Å²) in [6, 6.07) is 6.43. The van der Waals surface area contributed by atoms with Crippen molar-refractivity contribution in [2.75, 3.05) is 0 Å². The lowest BCUT2D eigenvalue weighted by molar-refractivity contribution is -0.111. The van der Waals surface area contributed by atoms with Gasteiger partial charge in [-0.15, -0.1) is 0 Å². The molecule has 0 radical (unpaired) electrons. The Labute approximate surface area is 95.9 Å². The van der Waals surface area contributed by atoms with E-state index in [9.17, 15) is 9.18 Å². The van der Waals surface area contributed by atoms with Crippen LogP contribution in [0.15, 0.2) is 24.3 Å². The maximum absolute atomic E-state index is 12.8. The molecule has 0 saturated carbocycles. The van der Waals surface area contributed by atoms with Gasteiger partial charge in [-0.3, -0.25) is 4.79 Å².